The van der Waals surface area contributed by atoms with Gasteiger partial charge >= 0.3 is 0 Å². The zero-order valence-corrected chi connectivity index (χ0v) is 19.7. The molecule has 0 radical (unpaired) electrons. The van der Waals surface area contributed by atoms with Gasteiger partial charge in [-0.2, -0.15) is 10.2 Å². The average molecular weight is 467 g/mol. The molecule has 2 aliphatic rings. The van der Waals surface area contributed by atoms with Crippen LogP contribution in [0.25, 0.3) is 16.9 Å². The van der Waals surface area contributed by atoms with E-state index in [1.807, 2.05) is 38.1 Å². The van der Waals surface area contributed by atoms with Gasteiger partial charge in [-0.15, -0.1) is 0 Å². The van der Waals surface area contributed by atoms with Crippen molar-refractivity contribution in [3.63, 3.8) is 0 Å². The van der Waals surface area contributed by atoms with Gasteiger partial charge in [-0.05, 0) is 75.0 Å². The maximum atomic E-state index is 13.3. The van der Waals surface area contributed by atoms with Crippen LogP contribution in [0.3, 0.4) is 0 Å². The Balaban J connectivity index is 1.47. The number of anilines is 2. The van der Waals surface area contributed by atoms with Crippen molar-refractivity contribution in [2.24, 2.45) is 0 Å². The van der Waals surface area contributed by atoms with Gasteiger partial charge in [0.2, 0.25) is 5.95 Å². The van der Waals surface area contributed by atoms with Crippen molar-refractivity contribution in [2.45, 2.75) is 51.1 Å². The van der Waals surface area contributed by atoms with Gasteiger partial charge in [-0.3, -0.25) is 4.79 Å². The molecule has 176 valence electrons. The Labute approximate surface area is 202 Å². The molecule has 1 fully saturated rings. The van der Waals surface area contributed by atoms with E-state index in [1.54, 1.807) is 15.6 Å². The molecule has 1 aliphatic heterocycles. The van der Waals surface area contributed by atoms with Crippen LogP contribution < -0.4 is 16.2 Å². The van der Waals surface area contributed by atoms with Gasteiger partial charge in [0, 0.05) is 18.4 Å². The monoisotopic (exact) mass is 466 g/mol. The van der Waals surface area contributed by atoms with Crippen LogP contribution in [0.15, 0.2) is 47.4 Å². The number of nitrogens with zero attached hydrogens (tertiary/aromatic N) is 6. The normalized spacial score (nSPS) is 15.6. The van der Waals surface area contributed by atoms with Gasteiger partial charge in [0.05, 0.1) is 23.2 Å². The Kier molecular flexibility index (Phi) is 4.93. The molecule has 0 spiro atoms. The van der Waals surface area contributed by atoms with Crippen molar-refractivity contribution < 1.29 is 0 Å². The number of pyridine rings is 1. The molecule has 1 aliphatic carbocycles. The lowest BCUT2D eigenvalue weighted by atomic mass is 9.91. The van der Waals surface area contributed by atoms with Gasteiger partial charge in [0.25, 0.3) is 5.56 Å². The highest BCUT2D eigenvalue weighted by molar-refractivity contribution is 5.77. The Bertz CT molecular complexity index is 1550. The van der Waals surface area contributed by atoms with E-state index in [9.17, 15) is 10.1 Å². The van der Waals surface area contributed by atoms with E-state index in [-0.39, 0.29) is 11.6 Å². The van der Waals surface area contributed by atoms with E-state index in [4.69, 9.17) is 9.97 Å². The third kappa shape index (κ3) is 3.76. The highest BCUT2D eigenvalue weighted by Gasteiger charge is 2.32. The molecule has 4 heterocycles. The highest BCUT2D eigenvalue weighted by Crippen LogP contribution is 2.35. The first-order valence-electron chi connectivity index (χ1n) is 11.9. The fourth-order valence-electron chi connectivity index (χ4n) is 4.56. The summed E-state index contributed by atoms with van der Waals surface area (Å²) in [5.74, 6) is 0.984. The van der Waals surface area contributed by atoms with Crippen molar-refractivity contribution >= 4 is 22.7 Å². The third-order valence-electron chi connectivity index (χ3n) is 6.74. The second kappa shape index (κ2) is 8.03. The molecule has 1 saturated carbocycles. The number of nitriles is 1. The Morgan fingerprint density at radius 2 is 2.03 bits per heavy atom. The predicted octanol–water partition coefficient (Wildman–Crippen LogP) is 3.50. The second-order valence-electron chi connectivity index (χ2n) is 9.78. The molecule has 35 heavy (non-hydrogen) atoms. The van der Waals surface area contributed by atoms with Crippen LogP contribution in [0.4, 0.5) is 11.6 Å². The van der Waals surface area contributed by atoms with Crippen LogP contribution >= 0.6 is 0 Å². The van der Waals surface area contributed by atoms with Crippen molar-refractivity contribution in [2.75, 3.05) is 11.9 Å². The minimum Gasteiger partial charge on any atom is -0.324 e. The zero-order valence-electron chi connectivity index (χ0n) is 19.7. The number of nitrogens with one attached hydrogen (secondary N) is 2. The molecular formula is C26H26N8O. The van der Waals surface area contributed by atoms with Crippen molar-refractivity contribution in [1.82, 2.24) is 29.6 Å². The van der Waals surface area contributed by atoms with Crippen LogP contribution in [0.1, 0.15) is 49.6 Å². The van der Waals surface area contributed by atoms with E-state index < -0.39 is 5.41 Å². The summed E-state index contributed by atoms with van der Waals surface area (Å²) >= 11 is 0. The molecule has 0 atom stereocenters. The van der Waals surface area contributed by atoms with E-state index in [2.05, 4.69) is 33.8 Å². The van der Waals surface area contributed by atoms with Gasteiger partial charge < -0.3 is 10.6 Å². The number of hydrogen-bond donors (Lipinski definition) is 2. The summed E-state index contributed by atoms with van der Waals surface area (Å²) in [6, 6.07) is 14.3. The van der Waals surface area contributed by atoms with Gasteiger partial charge in [-0.1, -0.05) is 12.1 Å². The number of rotatable bonds is 5. The van der Waals surface area contributed by atoms with Gasteiger partial charge in [0.1, 0.15) is 5.39 Å². The Hall–Kier alpha value is -4.03. The number of hydrogen-bond acceptors (Lipinski definition) is 7. The Morgan fingerprint density at radius 3 is 2.83 bits per heavy atom. The molecule has 2 N–H and O–H groups in total. The first-order chi connectivity index (χ1) is 16.9. The van der Waals surface area contributed by atoms with Gasteiger partial charge in [0.15, 0.2) is 11.5 Å². The van der Waals surface area contributed by atoms with E-state index in [0.29, 0.717) is 28.5 Å². The van der Waals surface area contributed by atoms with Crippen molar-refractivity contribution in [1.29, 1.82) is 5.26 Å². The van der Waals surface area contributed by atoms with Crippen LogP contribution in [0.2, 0.25) is 0 Å². The summed E-state index contributed by atoms with van der Waals surface area (Å²) < 4.78 is 3.53. The first kappa shape index (κ1) is 21.5. The zero-order chi connectivity index (χ0) is 24.2. The molecule has 9 nitrogen and oxygen atoms in total. The largest absolute Gasteiger partial charge is 0.324 e. The maximum absolute atomic E-state index is 13.3. The summed E-state index contributed by atoms with van der Waals surface area (Å²) in [6.07, 6.45) is 4.44. The summed E-state index contributed by atoms with van der Waals surface area (Å²) in [5, 5.41) is 16.8. The summed E-state index contributed by atoms with van der Waals surface area (Å²) in [5.41, 5.74) is 3.80. The molecule has 0 unspecified atom stereocenters. The molecule has 0 bridgehead atoms. The maximum Gasteiger partial charge on any atom is 0.278 e. The lowest BCUT2D eigenvalue weighted by Gasteiger charge is -2.18. The summed E-state index contributed by atoms with van der Waals surface area (Å²) in [7, 11) is 0. The van der Waals surface area contributed by atoms with Crippen LogP contribution in [-0.4, -0.2) is 30.9 Å². The van der Waals surface area contributed by atoms with E-state index >= 15 is 0 Å². The third-order valence-corrected chi connectivity index (χ3v) is 6.74. The lowest BCUT2D eigenvalue weighted by Crippen LogP contribution is -2.23. The van der Waals surface area contributed by atoms with E-state index in [1.165, 1.54) is 11.1 Å². The molecule has 0 saturated heterocycles. The Morgan fingerprint density at radius 1 is 1.17 bits per heavy atom. The highest BCUT2D eigenvalue weighted by atomic mass is 16.1. The molecule has 4 aromatic rings. The fraction of sp³-hybridized carbons (Fsp3) is 0.346. The topological polar surface area (TPSA) is 113 Å². The fourth-order valence-corrected chi connectivity index (χ4v) is 4.56. The molecule has 3 aromatic heterocycles. The first-order valence-corrected chi connectivity index (χ1v) is 11.9. The van der Waals surface area contributed by atoms with Crippen molar-refractivity contribution in [3.8, 4) is 11.9 Å². The van der Waals surface area contributed by atoms with Crippen molar-refractivity contribution in [3.05, 3.63) is 69.8 Å². The minimum absolute atomic E-state index is 0.108. The van der Waals surface area contributed by atoms with Gasteiger partial charge in [-0.25, -0.2) is 19.3 Å². The van der Waals surface area contributed by atoms with Crippen LogP contribution in [-0.2, 0) is 18.4 Å². The number of aromatic nitrogens is 5. The summed E-state index contributed by atoms with van der Waals surface area (Å²) in [4.78, 5) is 27.3. The smallest absolute Gasteiger partial charge is 0.278 e. The average Bonchev–Trinajstić information content (AvgIpc) is 3.68. The van der Waals surface area contributed by atoms with Crippen LogP contribution in [0, 0.1) is 11.3 Å². The SMILES string of the molecule is CC(C)(C#N)c1cccc(-n2c3nc(Nc4ccc5c(c4)CCNC5)ncc3c(=O)n2C2CC2)n1. The molecular weight excluding hydrogens is 440 g/mol. The van der Waals surface area contributed by atoms with E-state index in [0.717, 1.165) is 38.0 Å². The molecule has 6 rings (SSSR count). The summed E-state index contributed by atoms with van der Waals surface area (Å²) in [6.45, 7) is 5.52. The number of fused-ring (bicyclic) bond motifs is 2. The molecule has 0 amide bonds. The quantitative estimate of drug-likeness (QED) is 0.463. The lowest BCUT2D eigenvalue weighted by molar-refractivity contribution is 0.548. The molecule has 1 aromatic carbocycles. The second-order valence-corrected chi connectivity index (χ2v) is 9.78. The predicted molar refractivity (Wildman–Crippen MR) is 133 cm³/mol. The molecule has 9 heteroatoms. The number of benzene rings is 1. The minimum atomic E-state index is -0.757. The standard InChI is InChI=1S/C26H26N8O/c1-26(2,15-27)21-4-3-5-22(31-21)34-23-20(24(35)33(34)19-8-9-19)14-29-25(32-23)30-18-7-6-17-13-28-11-10-16(17)12-18/h3-7,12,14,19,28H,8-11,13H2,1-2H3,(H,29,30,32). The van der Waals surface area contributed by atoms with Crippen LogP contribution in [0.5, 0.6) is 0 Å².